The van der Waals surface area contributed by atoms with Crippen molar-refractivity contribution >= 4 is 28.3 Å². The summed E-state index contributed by atoms with van der Waals surface area (Å²) in [7, 11) is 0. The van der Waals surface area contributed by atoms with Crippen LogP contribution in [-0.4, -0.2) is 40.8 Å². The lowest BCUT2D eigenvalue weighted by molar-refractivity contribution is -0.134. The first kappa shape index (κ1) is 13.8. The summed E-state index contributed by atoms with van der Waals surface area (Å²) in [5.74, 6) is -0.214. The lowest BCUT2D eigenvalue weighted by atomic mass is 10.2. The number of rotatable bonds is 4. The number of anilines is 1. The predicted molar refractivity (Wildman–Crippen MR) is 73.6 cm³/mol. The Labute approximate surface area is 116 Å². The van der Waals surface area contributed by atoms with Gasteiger partial charge in [-0.2, -0.15) is 0 Å². The van der Waals surface area contributed by atoms with Crippen LogP contribution in [0.5, 0.6) is 0 Å². The van der Waals surface area contributed by atoms with Gasteiger partial charge >= 0.3 is 0 Å². The van der Waals surface area contributed by atoms with E-state index in [0.717, 1.165) is 25.9 Å². The Morgan fingerprint density at radius 3 is 2.79 bits per heavy atom. The maximum atomic E-state index is 12.0. The van der Waals surface area contributed by atoms with Crippen LogP contribution in [0.25, 0.3) is 0 Å². The quantitative estimate of drug-likeness (QED) is 0.836. The van der Waals surface area contributed by atoms with E-state index < -0.39 is 6.04 Å². The molecular weight excluding hydrogens is 264 g/mol. The molecule has 104 valence electrons. The maximum Gasteiger partial charge on any atom is 0.244 e. The molecule has 0 bridgehead atoms. The van der Waals surface area contributed by atoms with Crippen LogP contribution < -0.4 is 11.1 Å². The fourth-order valence-electron chi connectivity index (χ4n) is 2.13. The normalized spacial score (nSPS) is 16.4. The molecule has 0 aromatic carbocycles. The molecule has 1 aliphatic heterocycles. The van der Waals surface area contributed by atoms with Gasteiger partial charge in [-0.25, -0.2) is 4.98 Å². The third kappa shape index (κ3) is 3.66. The predicted octanol–water partition coefficient (Wildman–Crippen LogP) is 0.395. The highest BCUT2D eigenvalue weighted by Crippen LogP contribution is 2.12. The minimum absolute atomic E-state index is 0.0105. The molecule has 0 spiro atoms. The lowest BCUT2D eigenvalue weighted by Gasteiger charge is -2.20. The molecule has 2 heterocycles. The van der Waals surface area contributed by atoms with Gasteiger partial charge in [-0.1, -0.05) is 0 Å². The van der Waals surface area contributed by atoms with Gasteiger partial charge in [0.25, 0.3) is 0 Å². The van der Waals surface area contributed by atoms with Crippen molar-refractivity contribution in [3.8, 4) is 0 Å². The van der Waals surface area contributed by atoms with Crippen LogP contribution in [0, 0.1) is 0 Å². The molecule has 2 amide bonds. The van der Waals surface area contributed by atoms with E-state index in [0.29, 0.717) is 10.8 Å². The number of carbonyl (C=O) groups is 2. The molecule has 1 saturated heterocycles. The number of carbonyl (C=O) groups excluding carboxylic acids is 2. The molecule has 0 radical (unpaired) electrons. The molecule has 3 N–H and O–H groups in total. The zero-order valence-electron chi connectivity index (χ0n) is 10.9. The molecule has 1 aliphatic rings. The van der Waals surface area contributed by atoms with Crippen LogP contribution in [0.1, 0.15) is 25.5 Å². The number of nitrogens with one attached hydrogen (secondary N) is 1. The number of nitrogens with two attached hydrogens (primary N) is 1. The number of nitrogens with zero attached hydrogens (tertiary/aromatic N) is 2. The Kier molecular flexibility index (Phi) is 4.36. The van der Waals surface area contributed by atoms with E-state index >= 15 is 0 Å². The first-order valence-electron chi connectivity index (χ1n) is 6.34. The molecule has 7 heteroatoms. The summed E-state index contributed by atoms with van der Waals surface area (Å²) in [6.07, 6.45) is 2.25. The fraction of sp³-hybridized carbons (Fsp3) is 0.583. The van der Waals surface area contributed by atoms with E-state index in [1.54, 1.807) is 17.2 Å². The summed E-state index contributed by atoms with van der Waals surface area (Å²) < 4.78 is 0. The van der Waals surface area contributed by atoms with E-state index in [2.05, 4.69) is 10.3 Å². The topological polar surface area (TPSA) is 88.3 Å². The number of amides is 2. The Bertz CT molecular complexity index is 468. The zero-order valence-corrected chi connectivity index (χ0v) is 11.7. The summed E-state index contributed by atoms with van der Waals surface area (Å²) in [5.41, 5.74) is 6.14. The number of likely N-dealkylation sites (tertiary alicyclic amines) is 1. The third-order valence-electron chi connectivity index (χ3n) is 3.08. The minimum Gasteiger partial charge on any atom is -0.375 e. The highest BCUT2D eigenvalue weighted by molar-refractivity contribution is 7.13. The molecular formula is C12H18N4O2S. The van der Waals surface area contributed by atoms with Crippen LogP contribution >= 0.6 is 11.3 Å². The van der Waals surface area contributed by atoms with Crippen molar-refractivity contribution in [1.29, 1.82) is 0 Å². The van der Waals surface area contributed by atoms with Crippen molar-refractivity contribution in [2.75, 3.05) is 18.8 Å². The second-order valence-electron chi connectivity index (χ2n) is 4.68. The average molecular weight is 282 g/mol. The molecule has 0 saturated carbocycles. The fourth-order valence-corrected chi connectivity index (χ4v) is 2.70. The van der Waals surface area contributed by atoms with E-state index in [4.69, 9.17) is 5.73 Å². The first-order valence-corrected chi connectivity index (χ1v) is 7.22. The van der Waals surface area contributed by atoms with Crippen molar-refractivity contribution in [3.63, 3.8) is 0 Å². The number of nitrogen functional groups attached to an aromatic ring is 1. The number of hydrogen-bond donors (Lipinski definition) is 2. The molecule has 1 unspecified atom stereocenters. The number of thiazole rings is 1. The summed E-state index contributed by atoms with van der Waals surface area (Å²) >= 11 is 1.30. The summed E-state index contributed by atoms with van der Waals surface area (Å²) in [4.78, 5) is 29.6. The second kappa shape index (κ2) is 6.01. The lowest BCUT2D eigenvalue weighted by Crippen LogP contribution is -2.46. The molecule has 1 atom stereocenters. The van der Waals surface area contributed by atoms with Gasteiger partial charge in [0, 0.05) is 18.5 Å². The molecule has 6 nitrogen and oxygen atoms in total. The third-order valence-corrected chi connectivity index (χ3v) is 3.80. The van der Waals surface area contributed by atoms with Gasteiger partial charge in [0.1, 0.15) is 6.04 Å². The van der Waals surface area contributed by atoms with Gasteiger partial charge in [0.15, 0.2) is 5.13 Å². The van der Waals surface area contributed by atoms with Crippen LogP contribution in [0.3, 0.4) is 0 Å². The van der Waals surface area contributed by atoms with Crippen LogP contribution in [0.15, 0.2) is 5.38 Å². The van der Waals surface area contributed by atoms with Gasteiger partial charge in [-0.15, -0.1) is 11.3 Å². The molecule has 2 rings (SSSR count). The highest BCUT2D eigenvalue weighted by atomic mass is 32.1. The maximum absolute atomic E-state index is 12.0. The molecule has 1 aromatic heterocycles. The van der Waals surface area contributed by atoms with Crippen LogP contribution in [0.2, 0.25) is 0 Å². The number of hydrogen-bond acceptors (Lipinski definition) is 5. The standard InChI is InChI=1S/C12H18N4O2S/c1-8(11(18)16-4-2-3-5-16)14-10(17)6-9-7-19-12(13)15-9/h7-8H,2-6H2,1H3,(H2,13,15)(H,14,17). The van der Waals surface area contributed by atoms with Gasteiger partial charge in [-0.05, 0) is 19.8 Å². The monoisotopic (exact) mass is 282 g/mol. The largest absolute Gasteiger partial charge is 0.375 e. The Balaban J connectivity index is 1.82. The van der Waals surface area contributed by atoms with Gasteiger partial charge in [-0.3, -0.25) is 9.59 Å². The summed E-state index contributed by atoms with van der Waals surface area (Å²) in [6.45, 7) is 3.30. The Morgan fingerprint density at radius 2 is 2.21 bits per heavy atom. The van der Waals surface area contributed by atoms with Crippen molar-refractivity contribution < 1.29 is 9.59 Å². The Morgan fingerprint density at radius 1 is 1.53 bits per heavy atom. The van der Waals surface area contributed by atoms with Crippen molar-refractivity contribution in [2.24, 2.45) is 0 Å². The smallest absolute Gasteiger partial charge is 0.244 e. The highest BCUT2D eigenvalue weighted by Gasteiger charge is 2.24. The van der Waals surface area contributed by atoms with Gasteiger partial charge in [0.05, 0.1) is 12.1 Å². The molecule has 19 heavy (non-hydrogen) atoms. The van der Waals surface area contributed by atoms with Crippen molar-refractivity contribution in [1.82, 2.24) is 15.2 Å². The van der Waals surface area contributed by atoms with E-state index in [1.807, 2.05) is 0 Å². The van der Waals surface area contributed by atoms with Crippen LogP contribution in [-0.2, 0) is 16.0 Å². The second-order valence-corrected chi connectivity index (χ2v) is 5.57. The Hall–Kier alpha value is -1.63. The molecule has 1 aromatic rings. The van der Waals surface area contributed by atoms with Crippen LogP contribution in [0.4, 0.5) is 5.13 Å². The number of aromatic nitrogens is 1. The van der Waals surface area contributed by atoms with Gasteiger partial charge in [0.2, 0.25) is 11.8 Å². The summed E-state index contributed by atoms with van der Waals surface area (Å²) in [5, 5.41) is 4.91. The van der Waals surface area contributed by atoms with E-state index in [1.165, 1.54) is 11.3 Å². The molecule has 0 aliphatic carbocycles. The van der Waals surface area contributed by atoms with E-state index in [9.17, 15) is 9.59 Å². The summed E-state index contributed by atoms with van der Waals surface area (Å²) in [6, 6.07) is -0.485. The molecule has 1 fully saturated rings. The van der Waals surface area contributed by atoms with Crippen molar-refractivity contribution in [3.05, 3.63) is 11.1 Å². The SMILES string of the molecule is CC(NC(=O)Cc1csc(N)n1)C(=O)N1CCCC1. The minimum atomic E-state index is -0.485. The average Bonchev–Trinajstić information content (AvgIpc) is 2.99. The first-order chi connectivity index (χ1) is 9.06. The van der Waals surface area contributed by atoms with Gasteiger partial charge < -0.3 is 16.0 Å². The van der Waals surface area contributed by atoms with Crippen molar-refractivity contribution in [2.45, 2.75) is 32.2 Å². The zero-order chi connectivity index (χ0) is 13.8. The van der Waals surface area contributed by atoms with E-state index in [-0.39, 0.29) is 18.2 Å².